The van der Waals surface area contributed by atoms with Gasteiger partial charge in [-0.25, -0.2) is 4.98 Å². The number of rotatable bonds is 5. The zero-order valence-corrected chi connectivity index (χ0v) is 15.2. The monoisotopic (exact) mass is 346 g/mol. The fraction of sp³-hybridized carbons (Fsp3) is 0.684. The largest absolute Gasteiger partial charge is 0.389 e. The average molecular weight is 346 g/mol. The lowest BCUT2D eigenvalue weighted by Gasteiger charge is -2.33. The van der Waals surface area contributed by atoms with Crippen molar-refractivity contribution in [1.29, 1.82) is 0 Å². The molecule has 25 heavy (non-hydrogen) atoms. The zero-order chi connectivity index (χ0) is 17.7. The van der Waals surface area contributed by atoms with E-state index in [-0.39, 0.29) is 12.3 Å². The van der Waals surface area contributed by atoms with Crippen molar-refractivity contribution in [2.24, 2.45) is 0 Å². The molecule has 0 aromatic carbocycles. The van der Waals surface area contributed by atoms with E-state index in [1.54, 1.807) is 0 Å². The molecule has 2 aliphatic rings. The first-order chi connectivity index (χ1) is 12.0. The van der Waals surface area contributed by atoms with E-state index in [4.69, 9.17) is 0 Å². The van der Waals surface area contributed by atoms with Crippen LogP contribution < -0.4 is 10.2 Å². The van der Waals surface area contributed by atoms with Crippen molar-refractivity contribution in [1.82, 2.24) is 15.2 Å². The van der Waals surface area contributed by atoms with Crippen LogP contribution in [0.15, 0.2) is 18.3 Å². The minimum atomic E-state index is -0.800. The lowest BCUT2D eigenvalue weighted by molar-refractivity contribution is -0.127. The van der Waals surface area contributed by atoms with Crippen LogP contribution in [0.1, 0.15) is 44.1 Å². The molecule has 1 aromatic heterocycles. The SMILES string of the molecule is CN1CCN(c2cc(CNC(=O)CC3(O)CCCCC3)ccn2)CC1. The Hall–Kier alpha value is -1.66. The third-order valence-electron chi connectivity index (χ3n) is 5.40. The molecule has 2 N–H and O–H groups in total. The van der Waals surface area contributed by atoms with Gasteiger partial charge in [0, 0.05) is 38.9 Å². The minimum absolute atomic E-state index is 0.0673. The van der Waals surface area contributed by atoms with E-state index in [0.29, 0.717) is 6.54 Å². The van der Waals surface area contributed by atoms with Crippen molar-refractivity contribution in [3.05, 3.63) is 23.9 Å². The highest BCUT2D eigenvalue weighted by molar-refractivity contribution is 5.77. The topological polar surface area (TPSA) is 68.7 Å². The molecule has 2 heterocycles. The van der Waals surface area contributed by atoms with Crippen molar-refractivity contribution in [2.45, 2.75) is 50.7 Å². The number of hydrogen-bond donors (Lipinski definition) is 2. The van der Waals surface area contributed by atoms with Crippen LogP contribution in [0.4, 0.5) is 5.82 Å². The summed E-state index contributed by atoms with van der Waals surface area (Å²) in [7, 11) is 2.14. The molecule has 0 bridgehead atoms. The van der Waals surface area contributed by atoms with Gasteiger partial charge in [0.2, 0.25) is 5.91 Å². The van der Waals surface area contributed by atoms with Crippen molar-refractivity contribution >= 4 is 11.7 Å². The number of hydrogen-bond acceptors (Lipinski definition) is 5. The molecule has 0 atom stereocenters. The van der Waals surface area contributed by atoms with E-state index < -0.39 is 5.60 Å². The van der Waals surface area contributed by atoms with Crippen LogP contribution in [0.25, 0.3) is 0 Å². The van der Waals surface area contributed by atoms with Crippen molar-refractivity contribution in [2.75, 3.05) is 38.1 Å². The lowest BCUT2D eigenvalue weighted by atomic mass is 9.82. The summed E-state index contributed by atoms with van der Waals surface area (Å²) in [5.74, 6) is 0.910. The molecule has 1 amide bonds. The predicted octanol–water partition coefficient (Wildman–Crippen LogP) is 1.53. The molecule has 6 heteroatoms. The van der Waals surface area contributed by atoms with E-state index in [1.165, 1.54) is 0 Å². The minimum Gasteiger partial charge on any atom is -0.389 e. The number of pyridine rings is 1. The maximum absolute atomic E-state index is 12.2. The molecule has 1 aromatic rings. The summed E-state index contributed by atoms with van der Waals surface area (Å²) in [6.45, 7) is 4.53. The van der Waals surface area contributed by atoms with Crippen molar-refractivity contribution < 1.29 is 9.90 Å². The molecule has 6 nitrogen and oxygen atoms in total. The Morgan fingerprint density at radius 1 is 1.24 bits per heavy atom. The lowest BCUT2D eigenvalue weighted by Crippen LogP contribution is -2.44. The molecule has 1 saturated carbocycles. The van der Waals surface area contributed by atoms with Gasteiger partial charge >= 0.3 is 0 Å². The van der Waals surface area contributed by atoms with E-state index in [9.17, 15) is 9.90 Å². The van der Waals surface area contributed by atoms with Crippen LogP contribution >= 0.6 is 0 Å². The van der Waals surface area contributed by atoms with Gasteiger partial charge in [0.25, 0.3) is 0 Å². The van der Waals surface area contributed by atoms with Gasteiger partial charge in [-0.2, -0.15) is 0 Å². The van der Waals surface area contributed by atoms with Crippen molar-refractivity contribution in [3.8, 4) is 0 Å². The average Bonchev–Trinajstić information content (AvgIpc) is 2.61. The van der Waals surface area contributed by atoms with Gasteiger partial charge in [0.15, 0.2) is 0 Å². The first kappa shape index (κ1) is 18.1. The van der Waals surface area contributed by atoms with E-state index in [0.717, 1.165) is 69.7 Å². The molecular weight excluding hydrogens is 316 g/mol. The highest BCUT2D eigenvalue weighted by Gasteiger charge is 2.31. The molecule has 1 aliphatic carbocycles. The van der Waals surface area contributed by atoms with E-state index in [1.807, 2.05) is 12.3 Å². The number of aliphatic hydroxyl groups is 1. The number of nitrogens with zero attached hydrogens (tertiary/aromatic N) is 3. The summed E-state index contributed by atoms with van der Waals surface area (Å²) in [5.41, 5.74) is 0.249. The molecule has 0 spiro atoms. The number of amides is 1. The van der Waals surface area contributed by atoms with Gasteiger partial charge in [-0.1, -0.05) is 19.3 Å². The first-order valence-electron chi connectivity index (χ1n) is 9.42. The van der Waals surface area contributed by atoms with Gasteiger partial charge in [0.05, 0.1) is 12.0 Å². The Morgan fingerprint density at radius 2 is 1.96 bits per heavy atom. The Balaban J connectivity index is 1.51. The summed E-state index contributed by atoms with van der Waals surface area (Å²) in [5, 5.41) is 13.4. The summed E-state index contributed by atoms with van der Waals surface area (Å²) in [4.78, 5) is 21.3. The summed E-state index contributed by atoms with van der Waals surface area (Å²) in [6.07, 6.45) is 6.70. The Morgan fingerprint density at radius 3 is 2.68 bits per heavy atom. The number of nitrogens with one attached hydrogen (secondary N) is 1. The van der Waals surface area contributed by atoms with Crippen LogP contribution in [0.2, 0.25) is 0 Å². The van der Waals surface area contributed by atoms with Crippen LogP contribution in [0.5, 0.6) is 0 Å². The maximum Gasteiger partial charge on any atom is 0.223 e. The van der Waals surface area contributed by atoms with Crippen LogP contribution in [-0.2, 0) is 11.3 Å². The quantitative estimate of drug-likeness (QED) is 0.846. The van der Waals surface area contributed by atoms with E-state index >= 15 is 0 Å². The van der Waals surface area contributed by atoms with Crippen LogP contribution in [-0.4, -0.2) is 59.7 Å². The molecule has 1 saturated heterocycles. The maximum atomic E-state index is 12.2. The molecule has 2 fully saturated rings. The summed E-state index contributed by atoms with van der Waals surface area (Å²) >= 11 is 0. The Labute approximate surface area is 150 Å². The second kappa shape index (κ2) is 8.15. The highest BCUT2D eigenvalue weighted by atomic mass is 16.3. The second-order valence-electron chi connectivity index (χ2n) is 7.55. The smallest absolute Gasteiger partial charge is 0.223 e. The molecule has 138 valence electrons. The first-order valence-corrected chi connectivity index (χ1v) is 9.42. The Kier molecular flexibility index (Phi) is 5.91. The fourth-order valence-corrected chi connectivity index (χ4v) is 3.73. The number of carbonyl (C=O) groups excluding carboxylic acids is 1. The fourth-order valence-electron chi connectivity index (χ4n) is 3.73. The molecule has 0 unspecified atom stereocenters. The third kappa shape index (κ3) is 5.16. The van der Waals surface area contributed by atoms with Gasteiger partial charge < -0.3 is 20.2 Å². The number of aromatic nitrogens is 1. The van der Waals surface area contributed by atoms with Crippen LogP contribution in [0, 0.1) is 0 Å². The highest BCUT2D eigenvalue weighted by Crippen LogP contribution is 2.30. The predicted molar refractivity (Wildman–Crippen MR) is 98.4 cm³/mol. The molecule has 3 rings (SSSR count). The standard InChI is InChI=1S/C19H30N4O2/c1-22-9-11-23(12-10-22)17-13-16(5-8-20-17)15-21-18(24)14-19(25)6-3-2-4-7-19/h5,8,13,25H,2-4,6-7,9-12,14-15H2,1H3,(H,21,24). The number of anilines is 1. The van der Waals surface area contributed by atoms with Crippen LogP contribution in [0.3, 0.4) is 0 Å². The van der Waals surface area contributed by atoms with E-state index in [2.05, 4.69) is 33.2 Å². The summed E-state index contributed by atoms with van der Waals surface area (Å²) < 4.78 is 0. The second-order valence-corrected chi connectivity index (χ2v) is 7.55. The van der Waals surface area contributed by atoms with Gasteiger partial charge in [-0.15, -0.1) is 0 Å². The van der Waals surface area contributed by atoms with Gasteiger partial charge in [-0.3, -0.25) is 4.79 Å². The molecule has 0 radical (unpaired) electrons. The van der Waals surface area contributed by atoms with Gasteiger partial charge in [0.1, 0.15) is 5.82 Å². The number of carbonyl (C=O) groups is 1. The zero-order valence-electron chi connectivity index (χ0n) is 15.2. The van der Waals surface area contributed by atoms with Crippen molar-refractivity contribution in [3.63, 3.8) is 0 Å². The van der Waals surface area contributed by atoms with Gasteiger partial charge in [-0.05, 0) is 37.6 Å². The summed E-state index contributed by atoms with van der Waals surface area (Å²) in [6, 6.07) is 4.00. The third-order valence-corrected chi connectivity index (χ3v) is 5.40. The molecule has 1 aliphatic heterocycles. The Bertz CT molecular complexity index is 579. The number of piperazine rings is 1. The normalized spacial score (nSPS) is 21.1. The number of likely N-dealkylation sites (N-methyl/N-ethyl adjacent to an activating group) is 1. The molecular formula is C19H30N4O2.